The van der Waals surface area contributed by atoms with E-state index >= 15 is 0 Å². The molecule has 0 bridgehead atoms. The fourth-order valence-electron chi connectivity index (χ4n) is 2.42. The van der Waals surface area contributed by atoms with Crippen LogP contribution in [0.15, 0.2) is 42.5 Å². The topological polar surface area (TPSA) is 76.7 Å². The van der Waals surface area contributed by atoms with Crippen molar-refractivity contribution in [3.63, 3.8) is 0 Å². The zero-order valence-electron chi connectivity index (χ0n) is 15.5. The molecule has 0 saturated heterocycles. The zero-order valence-corrected chi connectivity index (χ0v) is 15.5. The van der Waals surface area contributed by atoms with Crippen LogP contribution < -0.4 is 20.1 Å². The molecule has 0 atom stereocenters. The lowest BCUT2D eigenvalue weighted by molar-refractivity contribution is -0.115. The van der Waals surface area contributed by atoms with Crippen molar-refractivity contribution in [1.82, 2.24) is 5.32 Å². The molecule has 2 aromatic rings. The number of benzene rings is 2. The first-order chi connectivity index (χ1) is 12.4. The van der Waals surface area contributed by atoms with Crippen LogP contribution in [0.3, 0.4) is 0 Å². The summed E-state index contributed by atoms with van der Waals surface area (Å²) in [7, 11) is 3.02. The maximum Gasteiger partial charge on any atom is 0.251 e. The fourth-order valence-corrected chi connectivity index (χ4v) is 2.42. The third-order valence-electron chi connectivity index (χ3n) is 3.89. The summed E-state index contributed by atoms with van der Waals surface area (Å²) in [5, 5.41) is 5.38. The number of methoxy groups -OCH3 is 2. The predicted molar refractivity (Wildman–Crippen MR) is 101 cm³/mol. The molecule has 2 aromatic carbocycles. The summed E-state index contributed by atoms with van der Waals surface area (Å²) in [6, 6.07) is 12.5. The molecule has 0 spiro atoms. The normalized spacial score (nSPS) is 10.3. The van der Waals surface area contributed by atoms with Crippen molar-refractivity contribution < 1.29 is 19.1 Å². The Labute approximate surface area is 153 Å². The maximum absolute atomic E-state index is 12.2. The van der Waals surface area contributed by atoms with E-state index in [0.717, 1.165) is 5.56 Å². The first kappa shape index (κ1) is 19.3. The van der Waals surface area contributed by atoms with E-state index in [1.807, 2.05) is 24.3 Å². The van der Waals surface area contributed by atoms with Crippen LogP contribution in [-0.4, -0.2) is 32.6 Å². The predicted octanol–water partition coefficient (Wildman–Crippen LogP) is 3.20. The van der Waals surface area contributed by atoms with E-state index in [1.165, 1.54) is 14.2 Å². The number of carbonyl (C=O) groups excluding carboxylic acids is 2. The zero-order chi connectivity index (χ0) is 19.1. The number of amides is 2. The lowest BCUT2D eigenvalue weighted by Crippen LogP contribution is -2.32. The molecule has 0 radical (unpaired) electrons. The molecule has 2 rings (SSSR count). The number of ether oxygens (including phenoxy) is 2. The molecule has 0 saturated carbocycles. The number of hydrogen-bond acceptors (Lipinski definition) is 4. The standard InChI is InChI=1S/C20H24N2O4/c1-13(2)14-6-5-7-16(10-14)22-19(23)12-21-20(24)15-8-9-17(25-3)18(11-15)26-4/h5-11,13H,12H2,1-4H3,(H,21,24)(H,22,23). The third-order valence-corrected chi connectivity index (χ3v) is 3.89. The Bertz CT molecular complexity index is 787. The van der Waals surface area contributed by atoms with E-state index in [-0.39, 0.29) is 18.4 Å². The molecule has 2 amide bonds. The van der Waals surface area contributed by atoms with Gasteiger partial charge in [-0.2, -0.15) is 0 Å². The summed E-state index contributed by atoms with van der Waals surface area (Å²) < 4.78 is 10.3. The van der Waals surface area contributed by atoms with Gasteiger partial charge in [0.15, 0.2) is 11.5 Å². The number of hydrogen-bond donors (Lipinski definition) is 2. The van der Waals surface area contributed by atoms with Gasteiger partial charge in [-0.05, 0) is 41.8 Å². The average Bonchev–Trinajstić information content (AvgIpc) is 2.65. The van der Waals surface area contributed by atoms with E-state index < -0.39 is 0 Å². The molecule has 0 fully saturated rings. The highest BCUT2D eigenvalue weighted by Crippen LogP contribution is 2.27. The van der Waals surface area contributed by atoms with Crippen LogP contribution in [0.5, 0.6) is 11.5 Å². The minimum absolute atomic E-state index is 0.126. The lowest BCUT2D eigenvalue weighted by atomic mass is 10.0. The van der Waals surface area contributed by atoms with Gasteiger partial charge in [-0.1, -0.05) is 26.0 Å². The summed E-state index contributed by atoms with van der Waals surface area (Å²) in [6.07, 6.45) is 0. The molecule has 0 aliphatic carbocycles. The highest BCUT2D eigenvalue weighted by atomic mass is 16.5. The molecule has 0 aliphatic heterocycles. The molecule has 2 N–H and O–H groups in total. The summed E-state index contributed by atoms with van der Waals surface area (Å²) in [6.45, 7) is 4.05. The van der Waals surface area contributed by atoms with Gasteiger partial charge < -0.3 is 20.1 Å². The van der Waals surface area contributed by atoms with Gasteiger partial charge in [0.1, 0.15) is 0 Å². The first-order valence-corrected chi connectivity index (χ1v) is 8.34. The number of carbonyl (C=O) groups is 2. The molecule has 0 heterocycles. The van der Waals surface area contributed by atoms with Crippen LogP contribution in [0, 0.1) is 0 Å². The minimum atomic E-state index is -0.364. The van der Waals surface area contributed by atoms with Crippen molar-refractivity contribution in [2.75, 3.05) is 26.1 Å². The first-order valence-electron chi connectivity index (χ1n) is 8.34. The minimum Gasteiger partial charge on any atom is -0.493 e. The highest BCUT2D eigenvalue weighted by Gasteiger charge is 2.12. The molecule has 26 heavy (non-hydrogen) atoms. The van der Waals surface area contributed by atoms with Crippen LogP contribution in [0.2, 0.25) is 0 Å². The molecule has 0 unspecified atom stereocenters. The van der Waals surface area contributed by atoms with Crippen molar-refractivity contribution in [1.29, 1.82) is 0 Å². The Morgan fingerprint density at radius 3 is 2.38 bits per heavy atom. The van der Waals surface area contributed by atoms with E-state index in [1.54, 1.807) is 18.2 Å². The molecular weight excluding hydrogens is 332 g/mol. The number of nitrogens with one attached hydrogen (secondary N) is 2. The second-order valence-corrected chi connectivity index (χ2v) is 6.08. The molecule has 138 valence electrons. The highest BCUT2D eigenvalue weighted by molar-refractivity contribution is 5.99. The van der Waals surface area contributed by atoms with Gasteiger partial charge in [-0.25, -0.2) is 0 Å². The summed E-state index contributed by atoms with van der Waals surface area (Å²) >= 11 is 0. The van der Waals surface area contributed by atoms with Crippen molar-refractivity contribution in [2.24, 2.45) is 0 Å². The maximum atomic E-state index is 12.2. The van der Waals surface area contributed by atoms with Crippen molar-refractivity contribution in [3.05, 3.63) is 53.6 Å². The Hall–Kier alpha value is -3.02. The Morgan fingerprint density at radius 2 is 1.73 bits per heavy atom. The quantitative estimate of drug-likeness (QED) is 0.799. The fraction of sp³-hybridized carbons (Fsp3) is 0.300. The summed E-state index contributed by atoms with van der Waals surface area (Å²) in [5.74, 6) is 0.704. The molecule has 0 aliphatic rings. The van der Waals surface area contributed by atoms with Crippen LogP contribution in [0.25, 0.3) is 0 Å². The van der Waals surface area contributed by atoms with Gasteiger partial charge in [-0.3, -0.25) is 9.59 Å². The SMILES string of the molecule is COc1ccc(C(=O)NCC(=O)Nc2cccc(C(C)C)c2)cc1OC. The largest absolute Gasteiger partial charge is 0.493 e. The number of rotatable bonds is 7. The molecule has 6 nitrogen and oxygen atoms in total. The Kier molecular flexibility index (Phi) is 6.60. The van der Waals surface area contributed by atoms with Gasteiger partial charge >= 0.3 is 0 Å². The summed E-state index contributed by atoms with van der Waals surface area (Å²) in [4.78, 5) is 24.3. The summed E-state index contributed by atoms with van der Waals surface area (Å²) in [5.41, 5.74) is 2.23. The number of anilines is 1. The Morgan fingerprint density at radius 1 is 1.00 bits per heavy atom. The average molecular weight is 356 g/mol. The van der Waals surface area contributed by atoms with Crippen LogP contribution in [0.1, 0.15) is 35.7 Å². The van der Waals surface area contributed by atoms with Crippen LogP contribution in [0.4, 0.5) is 5.69 Å². The smallest absolute Gasteiger partial charge is 0.251 e. The van der Waals surface area contributed by atoms with E-state index in [2.05, 4.69) is 24.5 Å². The van der Waals surface area contributed by atoms with E-state index in [9.17, 15) is 9.59 Å². The van der Waals surface area contributed by atoms with Gasteiger partial charge in [0.05, 0.1) is 20.8 Å². The van der Waals surface area contributed by atoms with E-state index in [4.69, 9.17) is 9.47 Å². The van der Waals surface area contributed by atoms with Crippen molar-refractivity contribution in [2.45, 2.75) is 19.8 Å². The van der Waals surface area contributed by atoms with Crippen LogP contribution in [-0.2, 0) is 4.79 Å². The van der Waals surface area contributed by atoms with Gasteiger partial charge in [-0.15, -0.1) is 0 Å². The van der Waals surface area contributed by atoms with E-state index in [0.29, 0.717) is 28.7 Å². The Balaban J connectivity index is 1.94. The van der Waals surface area contributed by atoms with Crippen molar-refractivity contribution >= 4 is 17.5 Å². The van der Waals surface area contributed by atoms with Crippen molar-refractivity contribution in [3.8, 4) is 11.5 Å². The lowest BCUT2D eigenvalue weighted by Gasteiger charge is -2.11. The van der Waals surface area contributed by atoms with Gasteiger partial charge in [0.25, 0.3) is 5.91 Å². The third kappa shape index (κ3) is 4.99. The second-order valence-electron chi connectivity index (χ2n) is 6.08. The molecule has 6 heteroatoms. The van der Waals surface area contributed by atoms with Gasteiger partial charge in [0.2, 0.25) is 5.91 Å². The second kappa shape index (κ2) is 8.89. The molecular formula is C20H24N2O4. The van der Waals surface area contributed by atoms with Crippen LogP contribution >= 0.6 is 0 Å². The van der Waals surface area contributed by atoms with Gasteiger partial charge in [0, 0.05) is 11.3 Å². The monoisotopic (exact) mass is 356 g/mol. The molecule has 0 aromatic heterocycles.